The van der Waals surface area contributed by atoms with E-state index in [0.29, 0.717) is 0 Å². The third-order valence-corrected chi connectivity index (χ3v) is 4.29. The van der Waals surface area contributed by atoms with Crippen LogP contribution in [0.1, 0.15) is 36.8 Å². The van der Waals surface area contributed by atoms with Crippen LogP contribution < -0.4 is 5.32 Å². The van der Waals surface area contributed by atoms with Gasteiger partial charge in [0.05, 0.1) is 0 Å². The fourth-order valence-corrected chi connectivity index (χ4v) is 3.48. The van der Waals surface area contributed by atoms with Crippen molar-refractivity contribution in [3.63, 3.8) is 0 Å². The molecule has 3 rings (SSSR count). The minimum Gasteiger partial charge on any atom is -0.312 e. The second-order valence-electron chi connectivity index (χ2n) is 5.75. The lowest BCUT2D eigenvalue weighted by atomic mass is 10.0. The molecule has 2 aliphatic heterocycles. The minimum atomic E-state index is 0.727. The average molecular weight is 245 g/mol. The van der Waals surface area contributed by atoms with E-state index in [1.807, 2.05) is 12.4 Å². The van der Waals surface area contributed by atoms with Crippen LogP contribution in [0.5, 0.6) is 0 Å². The topological polar surface area (TPSA) is 28.2 Å². The zero-order valence-electron chi connectivity index (χ0n) is 11.2. The number of nitrogens with zero attached hydrogens (tertiary/aromatic N) is 2. The van der Waals surface area contributed by atoms with Gasteiger partial charge in [-0.05, 0) is 56.8 Å². The van der Waals surface area contributed by atoms with Crippen LogP contribution >= 0.6 is 0 Å². The van der Waals surface area contributed by atoms with E-state index in [2.05, 4.69) is 28.2 Å². The van der Waals surface area contributed by atoms with E-state index in [0.717, 1.165) is 18.6 Å². The Kier molecular flexibility index (Phi) is 3.62. The summed E-state index contributed by atoms with van der Waals surface area (Å²) >= 11 is 0. The van der Waals surface area contributed by atoms with E-state index < -0.39 is 0 Å². The summed E-state index contributed by atoms with van der Waals surface area (Å²) in [4.78, 5) is 6.96. The molecule has 0 aliphatic carbocycles. The van der Waals surface area contributed by atoms with Gasteiger partial charge in [-0.25, -0.2) is 0 Å². The number of hydrogen-bond acceptors (Lipinski definition) is 3. The number of nitrogens with one attached hydrogen (secondary N) is 1. The SMILES string of the molecule is Cc1cncc(CN2CCCC2C2CCCN2)c1. The van der Waals surface area contributed by atoms with Gasteiger partial charge in [-0.2, -0.15) is 0 Å². The molecular weight excluding hydrogens is 222 g/mol. The third kappa shape index (κ3) is 2.57. The smallest absolute Gasteiger partial charge is 0.0313 e. The zero-order valence-corrected chi connectivity index (χ0v) is 11.2. The lowest BCUT2D eigenvalue weighted by molar-refractivity contribution is 0.206. The molecule has 0 aromatic carbocycles. The molecule has 2 fully saturated rings. The van der Waals surface area contributed by atoms with E-state index in [1.54, 1.807) is 0 Å². The van der Waals surface area contributed by atoms with Crippen molar-refractivity contribution in [1.82, 2.24) is 15.2 Å². The first-order valence-corrected chi connectivity index (χ1v) is 7.21. The highest BCUT2D eigenvalue weighted by Gasteiger charge is 2.32. The molecule has 2 atom stereocenters. The summed E-state index contributed by atoms with van der Waals surface area (Å²) in [6, 6.07) is 3.74. The first-order valence-electron chi connectivity index (χ1n) is 7.21. The Morgan fingerprint density at radius 3 is 3.06 bits per heavy atom. The monoisotopic (exact) mass is 245 g/mol. The molecule has 0 bridgehead atoms. The van der Waals surface area contributed by atoms with Crippen molar-refractivity contribution >= 4 is 0 Å². The van der Waals surface area contributed by atoms with Gasteiger partial charge in [0.25, 0.3) is 0 Å². The van der Waals surface area contributed by atoms with Crippen molar-refractivity contribution in [3.05, 3.63) is 29.6 Å². The molecule has 3 nitrogen and oxygen atoms in total. The zero-order chi connectivity index (χ0) is 12.4. The molecule has 0 amide bonds. The summed E-state index contributed by atoms with van der Waals surface area (Å²) in [5.74, 6) is 0. The van der Waals surface area contributed by atoms with Crippen molar-refractivity contribution in [2.45, 2.75) is 51.2 Å². The van der Waals surface area contributed by atoms with Gasteiger partial charge in [0.1, 0.15) is 0 Å². The van der Waals surface area contributed by atoms with Gasteiger partial charge in [-0.3, -0.25) is 9.88 Å². The minimum absolute atomic E-state index is 0.727. The van der Waals surface area contributed by atoms with Crippen LogP contribution in [0.4, 0.5) is 0 Å². The number of likely N-dealkylation sites (tertiary alicyclic amines) is 1. The summed E-state index contributed by atoms with van der Waals surface area (Å²) in [5, 5.41) is 3.67. The molecule has 3 heteroatoms. The van der Waals surface area contributed by atoms with Gasteiger partial charge in [-0.1, -0.05) is 6.07 Å². The first kappa shape index (κ1) is 12.1. The van der Waals surface area contributed by atoms with E-state index in [-0.39, 0.29) is 0 Å². The van der Waals surface area contributed by atoms with Gasteiger partial charge in [0.2, 0.25) is 0 Å². The van der Waals surface area contributed by atoms with Gasteiger partial charge >= 0.3 is 0 Å². The number of rotatable bonds is 3. The van der Waals surface area contributed by atoms with Crippen molar-refractivity contribution in [2.75, 3.05) is 13.1 Å². The molecule has 1 aromatic rings. The molecule has 18 heavy (non-hydrogen) atoms. The Morgan fingerprint density at radius 2 is 2.28 bits per heavy atom. The maximum Gasteiger partial charge on any atom is 0.0313 e. The molecule has 98 valence electrons. The van der Waals surface area contributed by atoms with Crippen molar-refractivity contribution in [3.8, 4) is 0 Å². The normalized spacial score (nSPS) is 28.9. The van der Waals surface area contributed by atoms with Crippen LogP contribution in [-0.4, -0.2) is 35.1 Å². The highest BCUT2D eigenvalue weighted by molar-refractivity contribution is 5.17. The summed E-state index contributed by atoms with van der Waals surface area (Å²) in [7, 11) is 0. The second-order valence-corrected chi connectivity index (χ2v) is 5.75. The predicted molar refractivity (Wildman–Crippen MR) is 73.4 cm³/mol. The molecule has 2 saturated heterocycles. The third-order valence-electron chi connectivity index (χ3n) is 4.29. The maximum absolute atomic E-state index is 4.31. The molecule has 2 unspecified atom stereocenters. The number of hydrogen-bond donors (Lipinski definition) is 1. The first-order chi connectivity index (χ1) is 8.83. The maximum atomic E-state index is 4.31. The number of aromatic nitrogens is 1. The second kappa shape index (κ2) is 5.37. The van der Waals surface area contributed by atoms with Gasteiger partial charge < -0.3 is 5.32 Å². The van der Waals surface area contributed by atoms with E-state index in [4.69, 9.17) is 0 Å². The molecule has 1 N–H and O–H groups in total. The van der Waals surface area contributed by atoms with Crippen LogP contribution in [-0.2, 0) is 6.54 Å². The van der Waals surface area contributed by atoms with Crippen molar-refractivity contribution < 1.29 is 0 Å². The highest BCUT2D eigenvalue weighted by Crippen LogP contribution is 2.26. The highest BCUT2D eigenvalue weighted by atomic mass is 15.2. The molecule has 2 aliphatic rings. The molecular formula is C15H23N3. The van der Waals surface area contributed by atoms with Crippen LogP contribution in [0.15, 0.2) is 18.5 Å². The Bertz CT molecular complexity index is 398. The Morgan fingerprint density at radius 1 is 1.33 bits per heavy atom. The molecule has 3 heterocycles. The Balaban J connectivity index is 1.67. The summed E-state index contributed by atoms with van der Waals surface area (Å²) in [5.41, 5.74) is 2.63. The van der Waals surface area contributed by atoms with Crippen LogP contribution in [0.2, 0.25) is 0 Å². The fraction of sp³-hybridized carbons (Fsp3) is 0.667. The van der Waals surface area contributed by atoms with Crippen LogP contribution in [0.3, 0.4) is 0 Å². The van der Waals surface area contributed by atoms with Gasteiger partial charge in [0, 0.05) is 31.0 Å². The van der Waals surface area contributed by atoms with E-state index >= 15 is 0 Å². The summed E-state index contributed by atoms with van der Waals surface area (Å²) < 4.78 is 0. The van der Waals surface area contributed by atoms with Crippen LogP contribution in [0, 0.1) is 6.92 Å². The predicted octanol–water partition coefficient (Wildman–Crippen LogP) is 2.11. The number of aryl methyl sites for hydroxylation is 1. The average Bonchev–Trinajstić information content (AvgIpc) is 2.98. The van der Waals surface area contributed by atoms with Gasteiger partial charge in [-0.15, -0.1) is 0 Å². The molecule has 0 radical (unpaired) electrons. The van der Waals surface area contributed by atoms with E-state index in [1.165, 1.54) is 49.9 Å². The lowest BCUT2D eigenvalue weighted by Gasteiger charge is -2.29. The standard InChI is InChI=1S/C15H23N3/c1-12-8-13(10-16-9-12)11-18-7-3-5-15(18)14-4-2-6-17-14/h8-10,14-15,17H,2-7,11H2,1H3. The van der Waals surface area contributed by atoms with Crippen molar-refractivity contribution in [1.29, 1.82) is 0 Å². The number of pyridine rings is 1. The van der Waals surface area contributed by atoms with Crippen LogP contribution in [0.25, 0.3) is 0 Å². The fourth-order valence-electron chi connectivity index (χ4n) is 3.48. The quantitative estimate of drug-likeness (QED) is 0.884. The van der Waals surface area contributed by atoms with Gasteiger partial charge in [0.15, 0.2) is 0 Å². The Hall–Kier alpha value is -0.930. The Labute approximate surface area is 110 Å². The van der Waals surface area contributed by atoms with Crippen molar-refractivity contribution in [2.24, 2.45) is 0 Å². The molecule has 1 aromatic heterocycles. The molecule has 0 saturated carbocycles. The van der Waals surface area contributed by atoms with E-state index in [9.17, 15) is 0 Å². The largest absolute Gasteiger partial charge is 0.312 e. The summed E-state index contributed by atoms with van der Waals surface area (Å²) in [6.45, 7) is 5.64. The lowest BCUT2D eigenvalue weighted by Crippen LogP contribution is -2.43. The molecule has 0 spiro atoms. The summed E-state index contributed by atoms with van der Waals surface area (Å²) in [6.07, 6.45) is 9.36.